The molecule has 1 atom stereocenters. The summed E-state index contributed by atoms with van der Waals surface area (Å²) in [6.45, 7) is 2.33. The van der Waals surface area contributed by atoms with Gasteiger partial charge in [0.15, 0.2) is 6.61 Å². The lowest BCUT2D eigenvalue weighted by molar-refractivity contribution is -0.153. The molecule has 14 heteroatoms. The van der Waals surface area contributed by atoms with E-state index in [2.05, 4.69) is 26.8 Å². The molecule has 2 aromatic rings. The van der Waals surface area contributed by atoms with E-state index in [1.165, 1.54) is 12.1 Å². The number of halogens is 5. The Hall–Kier alpha value is -2.37. The molecule has 0 aromatic heterocycles. The summed E-state index contributed by atoms with van der Waals surface area (Å²) in [7, 11) is 0. The van der Waals surface area contributed by atoms with Crippen molar-refractivity contribution in [3.8, 4) is 0 Å². The number of carbonyl (C=O) groups excluding carboxylic acids is 5. The molecular weight excluding hydrogens is 624 g/mol. The summed E-state index contributed by atoms with van der Waals surface area (Å²) in [6.07, 6.45) is 0. The SMILES string of the molecule is CC(C)[C@H](C(=O)OCC(=O)NNC(=O)c1ccc(Br)cc1)N1C(=O)c2c(Cl)c(Cl)c(Cl)c(Cl)c2C1=O. The van der Waals surface area contributed by atoms with Gasteiger partial charge in [0.05, 0.1) is 31.2 Å². The minimum absolute atomic E-state index is 0.212. The number of hydrogen-bond donors (Lipinski definition) is 2. The first-order valence-corrected chi connectivity index (χ1v) is 12.4. The number of benzene rings is 2. The minimum atomic E-state index is -1.42. The van der Waals surface area contributed by atoms with E-state index >= 15 is 0 Å². The second-order valence-electron chi connectivity index (χ2n) is 7.79. The Labute approximate surface area is 233 Å². The molecule has 0 aliphatic carbocycles. The third-order valence-electron chi connectivity index (χ3n) is 5.05. The van der Waals surface area contributed by atoms with Crippen molar-refractivity contribution < 1.29 is 28.7 Å². The van der Waals surface area contributed by atoms with E-state index in [1.807, 2.05) is 0 Å². The fourth-order valence-electron chi connectivity index (χ4n) is 3.35. The van der Waals surface area contributed by atoms with Gasteiger partial charge in [0.1, 0.15) is 6.04 Å². The summed E-state index contributed by atoms with van der Waals surface area (Å²) in [5, 5.41) is -0.983. The van der Waals surface area contributed by atoms with Crippen LogP contribution in [-0.2, 0) is 14.3 Å². The molecule has 1 aliphatic heterocycles. The van der Waals surface area contributed by atoms with Gasteiger partial charge in [-0.05, 0) is 30.2 Å². The number of hydrogen-bond acceptors (Lipinski definition) is 6. The van der Waals surface area contributed by atoms with Gasteiger partial charge in [-0.2, -0.15) is 0 Å². The second kappa shape index (κ2) is 11.4. The zero-order chi connectivity index (χ0) is 26.9. The quantitative estimate of drug-likeness (QED) is 0.156. The van der Waals surface area contributed by atoms with Gasteiger partial charge < -0.3 is 4.74 Å². The van der Waals surface area contributed by atoms with Crippen LogP contribution in [0.25, 0.3) is 0 Å². The third kappa shape index (κ3) is 5.47. The van der Waals surface area contributed by atoms with Crippen LogP contribution in [-0.4, -0.2) is 47.1 Å². The predicted octanol–water partition coefficient (Wildman–Crippen LogP) is 4.69. The summed E-state index contributed by atoms with van der Waals surface area (Å²) in [6, 6.07) is 4.92. The molecule has 0 bridgehead atoms. The van der Waals surface area contributed by atoms with Gasteiger partial charge in [0.2, 0.25) is 0 Å². The minimum Gasteiger partial charge on any atom is -0.454 e. The Balaban J connectivity index is 1.69. The van der Waals surface area contributed by atoms with E-state index in [9.17, 15) is 24.0 Å². The van der Waals surface area contributed by atoms with Crippen molar-refractivity contribution in [2.45, 2.75) is 19.9 Å². The molecule has 0 saturated heterocycles. The van der Waals surface area contributed by atoms with E-state index in [-0.39, 0.29) is 36.8 Å². The topological polar surface area (TPSA) is 122 Å². The van der Waals surface area contributed by atoms with Crippen LogP contribution >= 0.6 is 62.3 Å². The lowest BCUT2D eigenvalue weighted by atomic mass is 10.0. The largest absolute Gasteiger partial charge is 0.454 e. The number of imide groups is 1. The molecule has 4 amide bonds. The first-order valence-electron chi connectivity index (χ1n) is 10.1. The molecule has 0 fully saturated rings. The van der Waals surface area contributed by atoms with Gasteiger partial charge in [-0.3, -0.25) is 34.9 Å². The highest BCUT2D eigenvalue weighted by molar-refractivity contribution is 9.10. The van der Waals surface area contributed by atoms with Crippen molar-refractivity contribution in [2.75, 3.05) is 6.61 Å². The number of carbonyl (C=O) groups is 5. The normalized spacial score (nSPS) is 13.5. The first-order chi connectivity index (χ1) is 16.9. The second-order valence-corrected chi connectivity index (χ2v) is 10.2. The highest BCUT2D eigenvalue weighted by Gasteiger charge is 2.48. The van der Waals surface area contributed by atoms with E-state index in [4.69, 9.17) is 51.1 Å². The van der Waals surface area contributed by atoms with Gasteiger partial charge >= 0.3 is 5.97 Å². The Bertz CT molecular complexity index is 1240. The van der Waals surface area contributed by atoms with Gasteiger partial charge in [-0.1, -0.05) is 76.2 Å². The molecule has 2 N–H and O–H groups in total. The van der Waals surface area contributed by atoms with Crippen LogP contribution in [0.3, 0.4) is 0 Å². The Morgan fingerprint density at radius 3 is 1.86 bits per heavy atom. The summed E-state index contributed by atoms with van der Waals surface area (Å²) >= 11 is 27.6. The van der Waals surface area contributed by atoms with Gasteiger partial charge in [-0.15, -0.1) is 0 Å². The summed E-state index contributed by atoms with van der Waals surface area (Å²) in [5.41, 5.74) is 4.00. The zero-order valence-electron chi connectivity index (χ0n) is 18.5. The average molecular weight is 640 g/mol. The summed E-state index contributed by atoms with van der Waals surface area (Å²) in [4.78, 5) is 63.9. The van der Waals surface area contributed by atoms with Crippen molar-refractivity contribution in [1.82, 2.24) is 15.8 Å². The monoisotopic (exact) mass is 637 g/mol. The standard InChI is InChI=1S/C22H16BrCl4N3O6/c1-8(2)18(30-20(33)12-13(21(30)34)15(25)17(27)16(26)14(12)24)22(35)36-7-11(31)28-29-19(32)9-3-5-10(23)6-4-9/h3-6,8,18H,7H2,1-2H3,(H,28,31)(H,29,32)/t18-/m1/s1. The maximum atomic E-state index is 13.1. The maximum absolute atomic E-state index is 13.1. The number of nitrogens with zero attached hydrogens (tertiary/aromatic N) is 1. The van der Waals surface area contributed by atoms with E-state index in [1.54, 1.807) is 26.0 Å². The average Bonchev–Trinajstić information content (AvgIpc) is 3.09. The van der Waals surface area contributed by atoms with E-state index in [0.29, 0.717) is 4.90 Å². The van der Waals surface area contributed by atoms with Crippen LogP contribution in [0.4, 0.5) is 0 Å². The van der Waals surface area contributed by atoms with Crippen LogP contribution in [0.15, 0.2) is 28.7 Å². The number of hydrazine groups is 1. The third-order valence-corrected chi connectivity index (χ3v) is 7.38. The molecule has 0 radical (unpaired) electrons. The Kier molecular flexibility index (Phi) is 8.89. The lowest BCUT2D eigenvalue weighted by Gasteiger charge is -2.27. The van der Waals surface area contributed by atoms with Gasteiger partial charge in [0, 0.05) is 10.0 Å². The molecule has 1 heterocycles. The van der Waals surface area contributed by atoms with Crippen molar-refractivity contribution in [3.05, 3.63) is 65.5 Å². The molecule has 36 heavy (non-hydrogen) atoms. The van der Waals surface area contributed by atoms with Crippen molar-refractivity contribution in [3.63, 3.8) is 0 Å². The highest BCUT2D eigenvalue weighted by Crippen LogP contribution is 2.45. The van der Waals surface area contributed by atoms with Crippen molar-refractivity contribution >= 4 is 91.9 Å². The summed E-state index contributed by atoms with van der Waals surface area (Å²) in [5.74, 6) is -4.95. The first kappa shape index (κ1) is 28.2. The molecule has 0 spiro atoms. The Morgan fingerprint density at radius 2 is 1.39 bits per heavy atom. The lowest BCUT2D eigenvalue weighted by Crippen LogP contribution is -2.50. The fraction of sp³-hybridized carbons (Fsp3) is 0.227. The summed E-state index contributed by atoms with van der Waals surface area (Å²) < 4.78 is 5.79. The molecule has 1 aliphatic rings. The van der Waals surface area contributed by atoms with Crippen LogP contribution in [0, 0.1) is 5.92 Å². The predicted molar refractivity (Wildman–Crippen MR) is 136 cm³/mol. The van der Waals surface area contributed by atoms with Crippen molar-refractivity contribution in [2.24, 2.45) is 5.92 Å². The maximum Gasteiger partial charge on any atom is 0.330 e. The number of ether oxygens (including phenoxy) is 1. The molecule has 9 nitrogen and oxygen atoms in total. The molecule has 0 unspecified atom stereocenters. The number of rotatable bonds is 6. The van der Waals surface area contributed by atoms with Gasteiger partial charge in [0.25, 0.3) is 23.6 Å². The zero-order valence-corrected chi connectivity index (χ0v) is 23.1. The van der Waals surface area contributed by atoms with Crippen LogP contribution in [0.5, 0.6) is 0 Å². The number of esters is 1. The molecule has 0 saturated carbocycles. The fourth-order valence-corrected chi connectivity index (χ4v) is 4.63. The molecule has 190 valence electrons. The number of fused-ring (bicyclic) bond motifs is 1. The molecule has 2 aromatic carbocycles. The molecular formula is C22H16BrCl4N3O6. The van der Waals surface area contributed by atoms with Crippen LogP contribution in [0.1, 0.15) is 44.9 Å². The molecule has 3 rings (SSSR count). The smallest absolute Gasteiger partial charge is 0.330 e. The van der Waals surface area contributed by atoms with E-state index in [0.717, 1.165) is 4.47 Å². The van der Waals surface area contributed by atoms with Crippen LogP contribution < -0.4 is 10.9 Å². The van der Waals surface area contributed by atoms with Gasteiger partial charge in [-0.25, -0.2) is 4.79 Å². The highest BCUT2D eigenvalue weighted by atomic mass is 79.9. The van der Waals surface area contributed by atoms with Crippen molar-refractivity contribution in [1.29, 1.82) is 0 Å². The van der Waals surface area contributed by atoms with Crippen LogP contribution in [0.2, 0.25) is 20.1 Å². The Morgan fingerprint density at radius 1 is 0.889 bits per heavy atom. The van der Waals surface area contributed by atoms with E-state index < -0.39 is 48.2 Å². The number of amides is 4. The number of nitrogens with one attached hydrogen (secondary N) is 2.